The summed E-state index contributed by atoms with van der Waals surface area (Å²) in [6.45, 7) is -1.29. The lowest BCUT2D eigenvalue weighted by Crippen LogP contribution is -2.31. The highest BCUT2D eigenvalue weighted by Gasteiger charge is 2.28. The SMILES string of the molecule is N#CC(CCOCC(F)(F)F)NC1CC1. The van der Waals surface area contributed by atoms with Gasteiger partial charge in [0.15, 0.2) is 0 Å². The molecule has 0 aromatic carbocycles. The predicted octanol–water partition coefficient (Wildman–Crippen LogP) is 1.60. The number of hydrogen-bond acceptors (Lipinski definition) is 3. The van der Waals surface area contributed by atoms with Crippen molar-refractivity contribution in [2.45, 2.75) is 37.5 Å². The van der Waals surface area contributed by atoms with Gasteiger partial charge in [0.1, 0.15) is 6.61 Å². The van der Waals surface area contributed by atoms with Gasteiger partial charge in [-0.1, -0.05) is 0 Å². The maximum Gasteiger partial charge on any atom is 0.411 e. The molecule has 15 heavy (non-hydrogen) atoms. The molecule has 1 aliphatic carbocycles. The molecular formula is C9H13F3N2O. The molecule has 1 atom stereocenters. The first-order valence-electron chi connectivity index (χ1n) is 4.81. The molecule has 6 heteroatoms. The van der Waals surface area contributed by atoms with Gasteiger partial charge in [-0.05, 0) is 19.3 Å². The number of hydrogen-bond donors (Lipinski definition) is 1. The van der Waals surface area contributed by atoms with E-state index < -0.39 is 18.8 Å². The van der Waals surface area contributed by atoms with E-state index in [9.17, 15) is 13.2 Å². The average Bonchev–Trinajstić information content (AvgIpc) is 2.92. The molecule has 1 N–H and O–H groups in total. The summed E-state index contributed by atoms with van der Waals surface area (Å²) < 4.78 is 39.4. The number of nitrogens with zero attached hydrogens (tertiary/aromatic N) is 1. The summed E-state index contributed by atoms with van der Waals surface area (Å²) in [5.74, 6) is 0. The second-order valence-corrected chi connectivity index (χ2v) is 3.58. The van der Waals surface area contributed by atoms with Gasteiger partial charge in [-0.15, -0.1) is 0 Å². The average molecular weight is 222 g/mol. The highest BCUT2D eigenvalue weighted by Crippen LogP contribution is 2.20. The molecule has 1 unspecified atom stereocenters. The largest absolute Gasteiger partial charge is 0.411 e. The molecule has 0 radical (unpaired) electrons. The lowest BCUT2D eigenvalue weighted by atomic mass is 10.2. The van der Waals surface area contributed by atoms with E-state index in [0.717, 1.165) is 12.8 Å². The Balaban J connectivity index is 2.04. The van der Waals surface area contributed by atoms with Gasteiger partial charge >= 0.3 is 6.18 Å². The molecule has 1 rings (SSSR count). The van der Waals surface area contributed by atoms with Crippen LogP contribution in [-0.2, 0) is 4.74 Å². The predicted molar refractivity (Wildman–Crippen MR) is 47.0 cm³/mol. The number of nitrogens with one attached hydrogen (secondary N) is 1. The normalized spacial score (nSPS) is 18.5. The Bertz CT molecular complexity index is 232. The number of halogens is 3. The zero-order chi connectivity index (χ0) is 11.3. The van der Waals surface area contributed by atoms with Crippen LogP contribution in [0.4, 0.5) is 13.2 Å². The van der Waals surface area contributed by atoms with Crippen molar-refractivity contribution in [2.24, 2.45) is 0 Å². The van der Waals surface area contributed by atoms with Crippen LogP contribution in [0.2, 0.25) is 0 Å². The molecule has 0 aromatic heterocycles. The van der Waals surface area contributed by atoms with E-state index in [-0.39, 0.29) is 6.61 Å². The van der Waals surface area contributed by atoms with Gasteiger partial charge in [-0.25, -0.2) is 0 Å². The molecule has 0 spiro atoms. The highest BCUT2D eigenvalue weighted by molar-refractivity contribution is 4.95. The summed E-state index contributed by atoms with van der Waals surface area (Å²) in [7, 11) is 0. The maximum absolute atomic E-state index is 11.7. The van der Waals surface area contributed by atoms with E-state index >= 15 is 0 Å². The first kappa shape index (κ1) is 12.3. The van der Waals surface area contributed by atoms with Crippen molar-refractivity contribution in [3.63, 3.8) is 0 Å². The number of nitriles is 1. The van der Waals surface area contributed by atoms with Crippen molar-refractivity contribution in [2.75, 3.05) is 13.2 Å². The summed E-state index contributed by atoms with van der Waals surface area (Å²) in [5, 5.41) is 11.7. The van der Waals surface area contributed by atoms with Crippen LogP contribution in [0, 0.1) is 11.3 Å². The van der Waals surface area contributed by atoms with Gasteiger partial charge in [0.05, 0.1) is 12.1 Å². The maximum atomic E-state index is 11.7. The molecule has 1 aliphatic rings. The minimum absolute atomic E-state index is 0.0442. The van der Waals surface area contributed by atoms with Gasteiger partial charge in [-0.2, -0.15) is 18.4 Å². The van der Waals surface area contributed by atoms with Crippen LogP contribution in [0.15, 0.2) is 0 Å². The Kier molecular flexibility index (Phi) is 4.36. The number of rotatable bonds is 6. The first-order chi connectivity index (χ1) is 7.01. The standard InChI is InChI=1S/C9H13F3N2O/c10-9(11,12)6-15-4-3-8(5-13)14-7-1-2-7/h7-8,14H,1-4,6H2. The van der Waals surface area contributed by atoms with Crippen LogP contribution >= 0.6 is 0 Å². The fourth-order valence-corrected chi connectivity index (χ4v) is 1.11. The van der Waals surface area contributed by atoms with Crippen molar-refractivity contribution in [3.05, 3.63) is 0 Å². The summed E-state index contributed by atoms with van der Waals surface area (Å²) in [6, 6.07) is 1.97. The molecule has 0 aromatic rings. The summed E-state index contributed by atoms with van der Waals surface area (Å²) >= 11 is 0. The molecule has 0 amide bonds. The van der Waals surface area contributed by atoms with Crippen molar-refractivity contribution in [1.29, 1.82) is 5.26 Å². The third kappa shape index (κ3) is 6.31. The van der Waals surface area contributed by atoms with Gasteiger partial charge in [0.25, 0.3) is 0 Å². The lowest BCUT2D eigenvalue weighted by molar-refractivity contribution is -0.174. The van der Waals surface area contributed by atoms with Gasteiger partial charge in [0.2, 0.25) is 0 Å². The van der Waals surface area contributed by atoms with Crippen LogP contribution in [0.5, 0.6) is 0 Å². The van der Waals surface area contributed by atoms with Crippen LogP contribution < -0.4 is 5.32 Å². The lowest BCUT2D eigenvalue weighted by Gasteiger charge is -2.11. The van der Waals surface area contributed by atoms with Gasteiger partial charge < -0.3 is 4.74 Å². The second-order valence-electron chi connectivity index (χ2n) is 3.58. The third-order valence-corrected chi connectivity index (χ3v) is 1.99. The van der Waals surface area contributed by atoms with Crippen LogP contribution in [0.3, 0.4) is 0 Å². The Labute approximate surface area is 86.2 Å². The summed E-state index contributed by atoms with van der Waals surface area (Å²) in [4.78, 5) is 0. The fourth-order valence-electron chi connectivity index (χ4n) is 1.11. The fraction of sp³-hybridized carbons (Fsp3) is 0.889. The van der Waals surface area contributed by atoms with Gasteiger partial charge in [0, 0.05) is 12.6 Å². The van der Waals surface area contributed by atoms with Crippen LogP contribution in [-0.4, -0.2) is 31.5 Å². The first-order valence-corrected chi connectivity index (χ1v) is 4.81. The molecule has 0 saturated heterocycles. The Morgan fingerprint density at radius 3 is 2.60 bits per heavy atom. The minimum atomic E-state index is -4.29. The highest BCUT2D eigenvalue weighted by atomic mass is 19.4. The zero-order valence-electron chi connectivity index (χ0n) is 8.18. The smallest absolute Gasteiger partial charge is 0.372 e. The Morgan fingerprint density at radius 1 is 1.47 bits per heavy atom. The Hall–Kier alpha value is -0.800. The van der Waals surface area contributed by atoms with E-state index in [1.165, 1.54) is 0 Å². The Morgan fingerprint density at radius 2 is 2.13 bits per heavy atom. The molecule has 0 aliphatic heterocycles. The van der Waals surface area contributed by atoms with Crippen molar-refractivity contribution in [1.82, 2.24) is 5.32 Å². The molecule has 1 fully saturated rings. The van der Waals surface area contributed by atoms with E-state index in [0.29, 0.717) is 12.5 Å². The van der Waals surface area contributed by atoms with E-state index in [1.807, 2.05) is 6.07 Å². The molecular weight excluding hydrogens is 209 g/mol. The van der Waals surface area contributed by atoms with Gasteiger partial charge in [-0.3, -0.25) is 5.32 Å². The van der Waals surface area contributed by atoms with E-state index in [4.69, 9.17) is 5.26 Å². The molecule has 3 nitrogen and oxygen atoms in total. The molecule has 86 valence electrons. The summed E-state index contributed by atoms with van der Waals surface area (Å²) in [6.07, 6.45) is -1.90. The third-order valence-electron chi connectivity index (χ3n) is 1.99. The molecule has 0 heterocycles. The van der Waals surface area contributed by atoms with Crippen molar-refractivity contribution >= 4 is 0 Å². The second kappa shape index (κ2) is 5.33. The molecule has 0 bridgehead atoms. The number of alkyl halides is 3. The van der Waals surface area contributed by atoms with E-state index in [1.54, 1.807) is 0 Å². The monoisotopic (exact) mass is 222 g/mol. The van der Waals surface area contributed by atoms with Crippen molar-refractivity contribution in [3.8, 4) is 6.07 Å². The van der Waals surface area contributed by atoms with E-state index in [2.05, 4.69) is 10.1 Å². The van der Waals surface area contributed by atoms with Crippen LogP contribution in [0.25, 0.3) is 0 Å². The topological polar surface area (TPSA) is 45.0 Å². The zero-order valence-corrected chi connectivity index (χ0v) is 8.18. The number of ether oxygens (including phenoxy) is 1. The molecule has 1 saturated carbocycles. The van der Waals surface area contributed by atoms with Crippen LogP contribution in [0.1, 0.15) is 19.3 Å². The van der Waals surface area contributed by atoms with Crippen molar-refractivity contribution < 1.29 is 17.9 Å². The minimum Gasteiger partial charge on any atom is -0.372 e. The summed E-state index contributed by atoms with van der Waals surface area (Å²) in [5.41, 5.74) is 0. The quantitative estimate of drug-likeness (QED) is 0.694.